The topological polar surface area (TPSA) is 89.1 Å². The summed E-state index contributed by atoms with van der Waals surface area (Å²) in [4.78, 5) is 34.7. The minimum absolute atomic E-state index is 0.139. The summed E-state index contributed by atoms with van der Waals surface area (Å²) in [6.45, 7) is 1.66. The molecule has 0 saturated carbocycles. The lowest BCUT2D eigenvalue weighted by atomic mass is 9.97. The predicted molar refractivity (Wildman–Crippen MR) is 109 cm³/mol. The first kappa shape index (κ1) is 19.0. The van der Waals surface area contributed by atoms with Gasteiger partial charge in [-0.1, -0.05) is 19.1 Å². The summed E-state index contributed by atoms with van der Waals surface area (Å²) in [5.74, 6) is 0.156. The molecule has 1 aromatic carbocycles. The summed E-state index contributed by atoms with van der Waals surface area (Å²) < 4.78 is 17.5. The summed E-state index contributed by atoms with van der Waals surface area (Å²) in [7, 11) is -1.26. The largest absolute Gasteiger partial charge is 0.454 e. The van der Waals surface area contributed by atoms with Gasteiger partial charge in [0.05, 0.1) is 26.6 Å². The van der Waals surface area contributed by atoms with E-state index in [0.29, 0.717) is 26.7 Å². The number of fused-ring (bicyclic) bond motifs is 3. The van der Waals surface area contributed by atoms with Gasteiger partial charge in [0.1, 0.15) is 17.3 Å². The van der Waals surface area contributed by atoms with E-state index in [4.69, 9.17) is 4.74 Å². The number of nitrogens with one attached hydrogen (secondary N) is 1. The third-order valence-electron chi connectivity index (χ3n) is 4.83. The molecule has 1 atom stereocenters. The highest BCUT2D eigenvalue weighted by Crippen LogP contribution is 2.33. The Kier molecular flexibility index (Phi) is 5.41. The molecule has 8 heteroatoms. The van der Waals surface area contributed by atoms with Crippen LogP contribution in [0, 0.1) is 0 Å². The van der Waals surface area contributed by atoms with Crippen LogP contribution in [0.2, 0.25) is 0 Å². The quantitative estimate of drug-likeness (QED) is 0.645. The maximum atomic E-state index is 12.6. The number of ether oxygens (including phenoxy) is 1. The normalized spacial score (nSPS) is 14.6. The van der Waals surface area contributed by atoms with Crippen molar-refractivity contribution in [3.05, 3.63) is 56.4 Å². The number of carbonyl (C=O) groups excluding carboxylic acids is 1. The Balaban J connectivity index is 1.57. The monoisotopic (exact) mass is 416 g/mol. The van der Waals surface area contributed by atoms with Crippen LogP contribution in [0.4, 0.5) is 0 Å². The molecule has 146 valence electrons. The fourth-order valence-corrected chi connectivity index (χ4v) is 5.70. The van der Waals surface area contributed by atoms with Crippen molar-refractivity contribution in [1.82, 2.24) is 9.97 Å². The number of H-pyrrole nitrogens is 1. The number of hydrogen-bond acceptors (Lipinski definition) is 6. The summed E-state index contributed by atoms with van der Waals surface area (Å²) >= 11 is 1.56. The maximum absolute atomic E-state index is 12.6. The van der Waals surface area contributed by atoms with E-state index < -0.39 is 16.8 Å². The van der Waals surface area contributed by atoms with Gasteiger partial charge < -0.3 is 9.72 Å². The fraction of sp³-hybridized carbons (Fsp3) is 0.350. The first-order chi connectivity index (χ1) is 13.6. The minimum atomic E-state index is -1.26. The van der Waals surface area contributed by atoms with Crippen LogP contribution in [0.1, 0.15) is 46.4 Å². The van der Waals surface area contributed by atoms with Gasteiger partial charge in [-0.05, 0) is 43.4 Å². The first-order valence-electron chi connectivity index (χ1n) is 9.26. The van der Waals surface area contributed by atoms with Crippen molar-refractivity contribution in [3.63, 3.8) is 0 Å². The molecule has 6 nitrogen and oxygen atoms in total. The van der Waals surface area contributed by atoms with E-state index >= 15 is 0 Å². The molecule has 1 aliphatic rings. The maximum Gasteiger partial charge on any atom is 0.339 e. The van der Waals surface area contributed by atoms with E-state index in [2.05, 4.69) is 9.97 Å². The van der Waals surface area contributed by atoms with E-state index in [1.165, 1.54) is 4.88 Å². The lowest BCUT2D eigenvalue weighted by molar-refractivity contribution is 0.0458. The second-order valence-electron chi connectivity index (χ2n) is 6.61. The molecule has 1 N–H and O–H groups in total. The molecular formula is C20H20N2O4S2. The molecule has 2 aromatic heterocycles. The number of aromatic amines is 1. The van der Waals surface area contributed by atoms with Crippen molar-refractivity contribution in [2.75, 3.05) is 5.75 Å². The van der Waals surface area contributed by atoms with Crippen LogP contribution >= 0.6 is 11.3 Å². The average Bonchev–Trinajstić information content (AvgIpc) is 3.10. The van der Waals surface area contributed by atoms with Gasteiger partial charge in [0.15, 0.2) is 0 Å². The Labute approximate surface area is 168 Å². The molecule has 0 amide bonds. The van der Waals surface area contributed by atoms with Crippen molar-refractivity contribution in [2.24, 2.45) is 0 Å². The highest BCUT2D eigenvalue weighted by molar-refractivity contribution is 7.85. The zero-order valence-corrected chi connectivity index (χ0v) is 17.1. The summed E-state index contributed by atoms with van der Waals surface area (Å²) in [5, 5.41) is 0.679. The standard InChI is InChI=1S/C20H20N2O4S2/c1-2-28(25)15-10-6-4-8-13(15)20(24)26-11-16-21-18(23)17-12-7-3-5-9-14(12)27-19(17)22-16/h4,6,8,10H,2-3,5,7,9,11H2,1H3,(H,21,22,23)/t28-/m0/s1. The molecule has 0 radical (unpaired) electrons. The van der Waals surface area contributed by atoms with Crippen molar-refractivity contribution >= 4 is 38.3 Å². The van der Waals surface area contributed by atoms with E-state index in [0.717, 1.165) is 31.2 Å². The Bertz CT molecular complexity index is 1130. The van der Waals surface area contributed by atoms with Crippen LogP contribution in [0.5, 0.6) is 0 Å². The Morgan fingerprint density at radius 1 is 1.29 bits per heavy atom. The zero-order valence-electron chi connectivity index (χ0n) is 15.4. The number of thiophene rings is 1. The molecular weight excluding hydrogens is 396 g/mol. The van der Waals surface area contributed by atoms with Crippen LogP contribution < -0.4 is 5.56 Å². The van der Waals surface area contributed by atoms with Gasteiger partial charge in [0.25, 0.3) is 5.56 Å². The van der Waals surface area contributed by atoms with Crippen molar-refractivity contribution < 1.29 is 13.7 Å². The molecule has 1 aliphatic carbocycles. The lowest BCUT2D eigenvalue weighted by Crippen LogP contribution is -2.16. The Morgan fingerprint density at radius 2 is 2.07 bits per heavy atom. The average molecular weight is 417 g/mol. The van der Waals surface area contributed by atoms with E-state index in [-0.39, 0.29) is 17.7 Å². The summed E-state index contributed by atoms with van der Waals surface area (Å²) in [5.41, 5.74) is 1.22. The number of carbonyl (C=O) groups is 1. The minimum Gasteiger partial charge on any atom is -0.454 e. The van der Waals surface area contributed by atoms with E-state index in [1.807, 2.05) is 0 Å². The second-order valence-corrected chi connectivity index (χ2v) is 9.40. The molecule has 4 rings (SSSR count). The van der Waals surface area contributed by atoms with Gasteiger partial charge in [-0.2, -0.15) is 0 Å². The number of nitrogens with zero attached hydrogens (tertiary/aromatic N) is 1. The molecule has 0 bridgehead atoms. The van der Waals surface area contributed by atoms with Gasteiger partial charge in [-0.3, -0.25) is 9.00 Å². The number of benzene rings is 1. The molecule has 0 fully saturated rings. The predicted octanol–water partition coefficient (Wildman–Crippen LogP) is 3.35. The van der Waals surface area contributed by atoms with E-state index in [9.17, 15) is 13.8 Å². The van der Waals surface area contributed by atoms with Gasteiger partial charge in [0, 0.05) is 10.6 Å². The smallest absolute Gasteiger partial charge is 0.339 e. The molecule has 2 heterocycles. The van der Waals surface area contributed by atoms with Gasteiger partial charge in [-0.15, -0.1) is 11.3 Å². The van der Waals surface area contributed by atoms with Crippen LogP contribution in [-0.4, -0.2) is 25.9 Å². The number of aryl methyl sites for hydroxylation is 2. The summed E-state index contributed by atoms with van der Waals surface area (Å²) in [6.07, 6.45) is 4.14. The van der Waals surface area contributed by atoms with Crippen molar-refractivity contribution in [3.8, 4) is 0 Å². The van der Waals surface area contributed by atoms with Crippen LogP contribution in [0.25, 0.3) is 10.2 Å². The molecule has 0 unspecified atom stereocenters. The third kappa shape index (κ3) is 3.54. The highest BCUT2D eigenvalue weighted by atomic mass is 32.2. The van der Waals surface area contributed by atoms with E-state index in [1.54, 1.807) is 42.5 Å². The first-order valence-corrected chi connectivity index (χ1v) is 11.4. The number of aromatic nitrogens is 2. The Hall–Kier alpha value is -2.32. The molecule has 0 saturated heterocycles. The molecule has 28 heavy (non-hydrogen) atoms. The van der Waals surface area contributed by atoms with Crippen LogP contribution in [-0.2, 0) is 35.0 Å². The number of esters is 1. The second kappa shape index (κ2) is 7.97. The van der Waals surface area contributed by atoms with Crippen molar-refractivity contribution in [2.45, 2.75) is 44.1 Å². The molecule has 0 aliphatic heterocycles. The lowest BCUT2D eigenvalue weighted by Gasteiger charge is -2.10. The van der Waals surface area contributed by atoms with Crippen LogP contribution in [0.3, 0.4) is 0 Å². The Morgan fingerprint density at radius 3 is 2.89 bits per heavy atom. The van der Waals surface area contributed by atoms with Gasteiger partial charge in [0.2, 0.25) is 0 Å². The number of rotatable bonds is 5. The zero-order chi connectivity index (χ0) is 19.7. The third-order valence-corrected chi connectivity index (χ3v) is 7.39. The highest BCUT2D eigenvalue weighted by Gasteiger charge is 2.21. The fourth-order valence-electron chi connectivity index (χ4n) is 3.48. The van der Waals surface area contributed by atoms with Crippen molar-refractivity contribution in [1.29, 1.82) is 0 Å². The van der Waals surface area contributed by atoms with Crippen LogP contribution in [0.15, 0.2) is 34.0 Å². The van der Waals surface area contributed by atoms with Gasteiger partial charge >= 0.3 is 5.97 Å². The molecule has 3 aromatic rings. The summed E-state index contributed by atoms with van der Waals surface area (Å²) in [6, 6.07) is 6.71. The molecule has 0 spiro atoms. The number of hydrogen-bond donors (Lipinski definition) is 1. The SMILES string of the molecule is CC[S@](=O)c1ccccc1C(=O)OCc1nc2sc3c(c2c(=O)[nH]1)CCCC3. The van der Waals surface area contributed by atoms with Gasteiger partial charge in [-0.25, -0.2) is 9.78 Å².